The molecule has 0 aliphatic carbocycles. The molecule has 0 radical (unpaired) electrons. The Morgan fingerprint density at radius 1 is 0.382 bits per heavy atom. The minimum atomic E-state index is -9.14. The van der Waals surface area contributed by atoms with E-state index in [1.165, 1.54) is 0 Å². The number of thioether (sulfide) groups is 2. The molecule has 68 heavy (non-hydrogen) atoms. The van der Waals surface area contributed by atoms with Gasteiger partial charge in [0.1, 0.15) is 0 Å². The number of alkyl halides is 36. The van der Waals surface area contributed by atoms with Crippen molar-refractivity contribution in [3.63, 3.8) is 0 Å². The molecule has 0 amide bonds. The Kier molecular flexibility index (Phi) is 18.8. The third-order valence-electron chi connectivity index (χ3n) is 8.39. The SMILES string of the molecule is O=[PH](O)OCC(CO)(CSC(F)CC(F)(F)C(F)(F)C(F)(F)C(F)(F)C(F)(F)C(F)(F)C(F)(F)C(F)(F)F)CSC(F)CC(F)(F)C(F)(F)C(F)(F)C(F)(F)C(F)(F)C(F)(F)C(F)(F)C(F)(F)F. The summed E-state index contributed by atoms with van der Waals surface area (Å²) in [7, 11) is -4.55. The summed E-state index contributed by atoms with van der Waals surface area (Å²) in [5.41, 5.74) is -11.9. The molecule has 43 heteroatoms. The van der Waals surface area contributed by atoms with Crippen molar-refractivity contribution < 1.29 is 177 Å². The maximum Gasteiger partial charge on any atom is 0.460 e. The number of aliphatic hydroxyl groups is 1. The molecule has 0 spiro atoms. The first-order chi connectivity index (χ1) is 29.2. The number of rotatable bonds is 26. The molecule has 0 aromatic carbocycles. The average Bonchev–Trinajstić information content (AvgIpc) is 3.12. The summed E-state index contributed by atoms with van der Waals surface area (Å²) in [5, 5.41) is 9.59. The highest BCUT2D eigenvalue weighted by Crippen LogP contribution is 2.66. The normalized spacial score (nSPS) is 18.4. The van der Waals surface area contributed by atoms with Crippen LogP contribution in [0.5, 0.6) is 0 Å². The summed E-state index contributed by atoms with van der Waals surface area (Å²) >= 11 is -2.68. The van der Waals surface area contributed by atoms with Crippen molar-refractivity contribution in [1.82, 2.24) is 0 Å². The van der Waals surface area contributed by atoms with Crippen molar-refractivity contribution in [3.8, 4) is 0 Å². The lowest BCUT2D eigenvalue weighted by Crippen LogP contribution is -2.74. The van der Waals surface area contributed by atoms with Crippen LogP contribution in [-0.4, -0.2) is 141 Å². The molecule has 0 bridgehead atoms. The Morgan fingerprint density at radius 3 is 0.779 bits per heavy atom. The zero-order valence-corrected chi connectivity index (χ0v) is 33.2. The van der Waals surface area contributed by atoms with Gasteiger partial charge >= 0.3 is 104 Å². The Bertz CT molecular complexity index is 1620. The maximum absolute atomic E-state index is 14.5. The van der Waals surface area contributed by atoms with Gasteiger partial charge in [0.15, 0.2) is 11.0 Å². The molecule has 0 fully saturated rings. The minimum absolute atomic E-state index is 1.34. The highest BCUT2D eigenvalue weighted by atomic mass is 32.2. The first-order valence-corrected chi connectivity index (χ1v) is 18.9. The van der Waals surface area contributed by atoms with Gasteiger partial charge in [0.2, 0.25) is 0 Å². The summed E-state index contributed by atoms with van der Waals surface area (Å²) in [4.78, 5) is 8.77. The molecular formula is C25H17F36O4PS2. The van der Waals surface area contributed by atoms with Crippen LogP contribution >= 0.6 is 31.8 Å². The van der Waals surface area contributed by atoms with E-state index in [0.717, 1.165) is 0 Å². The van der Waals surface area contributed by atoms with Gasteiger partial charge in [-0.15, -0.1) is 23.5 Å². The van der Waals surface area contributed by atoms with Crippen LogP contribution in [0.1, 0.15) is 12.8 Å². The fourth-order valence-electron chi connectivity index (χ4n) is 4.18. The molecule has 4 nitrogen and oxygen atoms in total. The van der Waals surface area contributed by atoms with Crippen LogP contribution in [0.2, 0.25) is 0 Å². The number of aliphatic hydroxyl groups excluding tert-OH is 1. The van der Waals surface area contributed by atoms with E-state index in [4.69, 9.17) is 4.89 Å². The van der Waals surface area contributed by atoms with Gasteiger partial charge in [0, 0.05) is 16.9 Å². The van der Waals surface area contributed by atoms with Gasteiger partial charge in [-0.1, -0.05) is 0 Å². The van der Waals surface area contributed by atoms with Crippen molar-refractivity contribution >= 4 is 31.8 Å². The summed E-state index contributed by atoms with van der Waals surface area (Å²) in [6.45, 7) is -4.10. The van der Waals surface area contributed by atoms with E-state index in [-0.39, 0.29) is 0 Å². The van der Waals surface area contributed by atoms with E-state index in [2.05, 4.69) is 4.52 Å². The number of hydrogen-bond acceptors (Lipinski definition) is 5. The van der Waals surface area contributed by atoms with Gasteiger partial charge in [-0.2, -0.15) is 149 Å². The number of halogens is 36. The molecule has 0 heterocycles. The monoisotopic (exact) mass is 1160 g/mol. The third-order valence-corrected chi connectivity index (χ3v) is 11.4. The zero-order chi connectivity index (χ0) is 55.6. The fourth-order valence-corrected chi connectivity index (χ4v) is 7.02. The molecule has 3 atom stereocenters. The number of hydrogen-bond donors (Lipinski definition) is 2. The summed E-state index contributed by atoms with van der Waals surface area (Å²) in [5.74, 6) is -125. The highest BCUT2D eigenvalue weighted by Gasteiger charge is 2.97. The molecular weight excluding hydrogens is 1140 g/mol. The molecule has 0 rings (SSSR count). The Balaban J connectivity index is 6.73. The smallest absolute Gasteiger partial charge is 0.396 e. The standard InChI is InChI=1S/C25H17F36O4PS2/c26-7(1-10(28,29)12(32,33)14(36,37)16(40,41)18(44,45)20(48,49)22(52,53)24(56,57)58)67-5-9(3-62,4-65-66(63)64)6-68-8(27)2-11(30,31)13(34,35)15(38,39)17(42,43)19(46,47)21(50,51)23(54,55)25(59,60)61/h7-8,62,66H,1-6H2,(H,63,64). The predicted octanol–water partition coefficient (Wildman–Crippen LogP) is 13.2. The highest BCUT2D eigenvalue weighted by molar-refractivity contribution is 8.00. The lowest BCUT2D eigenvalue weighted by atomic mass is 9.88. The Labute approximate surface area is 358 Å². The summed E-state index contributed by atoms with van der Waals surface area (Å²) in [6, 6.07) is 0. The second-order valence-electron chi connectivity index (χ2n) is 13.4. The third kappa shape index (κ3) is 10.7. The van der Waals surface area contributed by atoms with Crippen LogP contribution in [-0.2, 0) is 9.09 Å². The fraction of sp³-hybridized carbons (Fsp3) is 1.00. The van der Waals surface area contributed by atoms with E-state index < -0.39 is 181 Å². The molecule has 410 valence electrons. The lowest BCUT2D eigenvalue weighted by Gasteiger charge is -2.43. The van der Waals surface area contributed by atoms with Crippen LogP contribution in [0.3, 0.4) is 0 Å². The quantitative estimate of drug-likeness (QED) is 0.0665. The Hall–Kier alpha value is -1.71. The van der Waals surface area contributed by atoms with Crippen LogP contribution in [0.15, 0.2) is 0 Å². The molecule has 0 aromatic heterocycles. The van der Waals surface area contributed by atoms with Gasteiger partial charge < -0.3 is 14.5 Å². The van der Waals surface area contributed by atoms with Crippen LogP contribution < -0.4 is 0 Å². The van der Waals surface area contributed by atoms with Gasteiger partial charge in [-0.05, 0) is 0 Å². The van der Waals surface area contributed by atoms with Crippen molar-refractivity contribution in [3.05, 3.63) is 0 Å². The van der Waals surface area contributed by atoms with Gasteiger partial charge in [0.05, 0.1) is 26.1 Å². The zero-order valence-electron chi connectivity index (χ0n) is 30.5. The molecule has 0 aliphatic heterocycles. The molecule has 0 saturated carbocycles. The molecule has 0 aromatic rings. The maximum atomic E-state index is 14.5. The topological polar surface area (TPSA) is 66.8 Å². The summed E-state index contributed by atoms with van der Waals surface area (Å²) < 4.78 is 502. The van der Waals surface area contributed by atoms with E-state index in [1.807, 2.05) is 0 Å². The lowest BCUT2D eigenvalue weighted by molar-refractivity contribution is -0.462. The largest absolute Gasteiger partial charge is 0.460 e. The van der Waals surface area contributed by atoms with Gasteiger partial charge in [-0.25, -0.2) is 8.78 Å². The van der Waals surface area contributed by atoms with Gasteiger partial charge in [0.25, 0.3) is 0 Å². The second kappa shape index (κ2) is 19.3. The Morgan fingerprint density at radius 2 is 0.588 bits per heavy atom. The molecule has 0 aliphatic rings. The van der Waals surface area contributed by atoms with E-state index in [1.54, 1.807) is 0 Å². The second-order valence-corrected chi connectivity index (χ2v) is 16.4. The van der Waals surface area contributed by atoms with E-state index in [9.17, 15) is 168 Å². The first kappa shape index (κ1) is 66.3. The van der Waals surface area contributed by atoms with Gasteiger partial charge in [-0.3, -0.25) is 4.57 Å². The molecule has 2 N–H and O–H groups in total. The molecule has 3 unspecified atom stereocenters. The van der Waals surface area contributed by atoms with Crippen LogP contribution in [0, 0.1) is 5.41 Å². The molecule has 0 saturated heterocycles. The predicted molar refractivity (Wildman–Crippen MR) is 152 cm³/mol. The first-order valence-electron chi connectivity index (χ1n) is 15.6. The van der Waals surface area contributed by atoms with Crippen molar-refractivity contribution in [2.75, 3.05) is 24.7 Å². The minimum Gasteiger partial charge on any atom is -0.396 e. The van der Waals surface area contributed by atoms with Crippen molar-refractivity contribution in [2.45, 2.75) is 119 Å². The van der Waals surface area contributed by atoms with E-state index >= 15 is 0 Å². The van der Waals surface area contributed by atoms with Crippen LogP contribution in [0.25, 0.3) is 0 Å². The van der Waals surface area contributed by atoms with E-state index in [0.29, 0.717) is 0 Å². The summed E-state index contributed by atoms with van der Waals surface area (Å²) in [6.07, 6.45) is -24.1. The van der Waals surface area contributed by atoms with Crippen LogP contribution in [0.4, 0.5) is 158 Å². The van der Waals surface area contributed by atoms with Crippen molar-refractivity contribution in [2.24, 2.45) is 5.41 Å². The van der Waals surface area contributed by atoms with Crippen molar-refractivity contribution in [1.29, 1.82) is 0 Å². The average molecular weight is 1160 g/mol.